The minimum absolute atomic E-state index is 0.158. The van der Waals surface area contributed by atoms with Gasteiger partial charge in [-0.25, -0.2) is 9.18 Å². The van der Waals surface area contributed by atoms with Gasteiger partial charge in [-0.2, -0.15) is 8.42 Å². The summed E-state index contributed by atoms with van der Waals surface area (Å²) in [5.74, 6) is 3.96. The molecule has 1 heterocycles. The van der Waals surface area contributed by atoms with Crippen molar-refractivity contribution in [2.75, 3.05) is 6.54 Å². The maximum absolute atomic E-state index is 12.2. The van der Waals surface area contributed by atoms with Gasteiger partial charge in [0.25, 0.3) is 0 Å². The second-order valence-corrected chi connectivity index (χ2v) is 15.0. The first-order valence-electron chi connectivity index (χ1n) is 14.4. The highest BCUT2D eigenvalue weighted by Gasteiger charge is 2.59. The Kier molecular flexibility index (Phi) is 6.95. The maximum Gasteiger partial charge on any atom is 0.450 e. The molecule has 3 unspecified atom stereocenters. The van der Waals surface area contributed by atoms with Crippen molar-refractivity contribution >= 4 is 16.3 Å². The van der Waals surface area contributed by atoms with Crippen LogP contribution in [0.3, 0.4) is 0 Å². The second kappa shape index (κ2) is 9.37. The molecule has 0 bridgehead atoms. The van der Waals surface area contributed by atoms with Crippen molar-refractivity contribution in [1.82, 2.24) is 0 Å². The van der Waals surface area contributed by atoms with Crippen LogP contribution in [-0.2, 0) is 18.8 Å². The molecule has 0 saturated heterocycles. The van der Waals surface area contributed by atoms with Crippen LogP contribution in [0.15, 0.2) is 16.6 Å². The molecule has 1 N–H and O–H groups in total. The Morgan fingerprint density at radius 2 is 1.92 bits per heavy atom. The molecule has 0 radical (unpaired) electrons. The highest BCUT2D eigenvalue weighted by atomic mass is 32.3. The van der Waals surface area contributed by atoms with E-state index in [0.29, 0.717) is 30.2 Å². The van der Waals surface area contributed by atoms with Crippen molar-refractivity contribution in [3.63, 3.8) is 0 Å². The summed E-state index contributed by atoms with van der Waals surface area (Å²) in [7, 11) is -4.02. The van der Waals surface area contributed by atoms with Gasteiger partial charge < -0.3 is 9.29 Å². The SMILES string of the molecule is C[C@H](CCCC(C)(C)O)[C@H]1CCC2C3CC=C4C[C@@H](OS(=O)(=O)OC5=NC5)CC[C@]4(C)C3CC[C@@]21C. The lowest BCUT2D eigenvalue weighted by atomic mass is 9.47. The van der Waals surface area contributed by atoms with Crippen LogP contribution in [0.5, 0.6) is 0 Å². The number of hydrogen-bond donors (Lipinski definition) is 1. The zero-order valence-corrected chi connectivity index (χ0v) is 23.8. The first-order valence-corrected chi connectivity index (χ1v) is 15.7. The molecule has 0 spiro atoms. The summed E-state index contributed by atoms with van der Waals surface area (Å²) in [6, 6.07) is 0. The van der Waals surface area contributed by atoms with E-state index in [0.717, 1.165) is 49.9 Å². The Morgan fingerprint density at radius 1 is 1.17 bits per heavy atom. The monoisotopic (exact) mass is 521 g/mol. The first kappa shape index (κ1) is 26.7. The van der Waals surface area contributed by atoms with Gasteiger partial charge >= 0.3 is 10.4 Å². The topological polar surface area (TPSA) is 85.2 Å². The van der Waals surface area contributed by atoms with Gasteiger partial charge in [0.2, 0.25) is 5.90 Å². The van der Waals surface area contributed by atoms with Crippen molar-refractivity contribution in [2.45, 2.75) is 117 Å². The molecule has 204 valence electrons. The third-order valence-corrected chi connectivity index (χ3v) is 11.9. The van der Waals surface area contributed by atoms with Crippen molar-refractivity contribution in [1.29, 1.82) is 0 Å². The fraction of sp³-hybridized carbons (Fsp3) is 0.897. The van der Waals surface area contributed by atoms with Crippen molar-refractivity contribution in [3.05, 3.63) is 11.6 Å². The van der Waals surface area contributed by atoms with Crippen LogP contribution in [0, 0.1) is 40.4 Å². The molecule has 0 aromatic carbocycles. The maximum atomic E-state index is 12.2. The lowest BCUT2D eigenvalue weighted by molar-refractivity contribution is -0.0562. The van der Waals surface area contributed by atoms with Gasteiger partial charge in [0.05, 0.1) is 11.7 Å². The summed E-state index contributed by atoms with van der Waals surface area (Å²) in [4.78, 5) is 3.79. The summed E-state index contributed by atoms with van der Waals surface area (Å²) in [5.41, 5.74) is 1.44. The fourth-order valence-corrected chi connectivity index (χ4v) is 10.0. The smallest absolute Gasteiger partial charge is 0.390 e. The highest BCUT2D eigenvalue weighted by Crippen LogP contribution is 2.67. The molecule has 7 heteroatoms. The predicted molar refractivity (Wildman–Crippen MR) is 142 cm³/mol. The number of fused-ring (bicyclic) bond motifs is 5. The van der Waals surface area contributed by atoms with Gasteiger partial charge in [-0.3, -0.25) is 0 Å². The summed E-state index contributed by atoms with van der Waals surface area (Å²) in [6.45, 7) is 11.7. The minimum atomic E-state index is -4.02. The van der Waals surface area contributed by atoms with E-state index in [1.807, 2.05) is 13.8 Å². The predicted octanol–water partition coefficient (Wildman–Crippen LogP) is 6.20. The van der Waals surface area contributed by atoms with Crippen molar-refractivity contribution in [2.24, 2.45) is 45.4 Å². The molecule has 0 aromatic heterocycles. The van der Waals surface area contributed by atoms with E-state index in [1.54, 1.807) is 0 Å². The Morgan fingerprint density at radius 3 is 2.61 bits per heavy atom. The van der Waals surface area contributed by atoms with Crippen molar-refractivity contribution < 1.29 is 21.9 Å². The lowest BCUT2D eigenvalue weighted by Crippen LogP contribution is -2.51. The van der Waals surface area contributed by atoms with Gasteiger partial charge in [0, 0.05) is 0 Å². The largest absolute Gasteiger partial charge is 0.450 e. The summed E-state index contributed by atoms with van der Waals surface area (Å²) >= 11 is 0. The molecule has 5 rings (SSSR count). The molecular formula is C29H47NO5S. The molecule has 4 aliphatic carbocycles. The van der Waals surface area contributed by atoms with Gasteiger partial charge in [-0.1, -0.05) is 45.3 Å². The molecule has 3 fully saturated rings. The Bertz CT molecular complexity index is 1010. The van der Waals surface area contributed by atoms with Crippen LogP contribution in [-0.4, -0.2) is 37.7 Å². The van der Waals surface area contributed by atoms with Gasteiger partial charge in [0.15, 0.2) is 0 Å². The molecule has 6 nitrogen and oxygen atoms in total. The number of aliphatic hydroxyl groups is 1. The molecule has 8 atom stereocenters. The number of aliphatic imine (C=N–C) groups is 1. The van der Waals surface area contributed by atoms with Crippen LogP contribution in [0.2, 0.25) is 0 Å². The number of rotatable bonds is 8. The van der Waals surface area contributed by atoms with E-state index >= 15 is 0 Å². The minimum Gasteiger partial charge on any atom is -0.390 e. The molecular weight excluding hydrogens is 474 g/mol. The highest BCUT2D eigenvalue weighted by molar-refractivity contribution is 7.82. The van der Waals surface area contributed by atoms with E-state index in [9.17, 15) is 13.5 Å². The molecule has 3 saturated carbocycles. The standard InChI is InChI=1S/C29H47NO5S/c1-19(7-6-14-27(2,3)31)23-10-11-24-22-9-8-20-17-21(34-36(32,33)35-26-18-30-26)12-15-28(20,4)25(22)13-16-29(23,24)5/h8,19,21-25,31H,6-7,9-18H2,1-5H3/t19-,21+,22?,23-,24?,25?,28+,29-/m1/s1. The normalized spacial score (nSPS) is 40.9. The third kappa shape index (κ3) is 5.18. The van der Waals surface area contributed by atoms with Crippen LogP contribution >= 0.6 is 0 Å². The zero-order chi connectivity index (χ0) is 25.9. The van der Waals surface area contributed by atoms with Crippen molar-refractivity contribution in [3.8, 4) is 0 Å². The third-order valence-electron chi connectivity index (χ3n) is 11.0. The van der Waals surface area contributed by atoms with E-state index in [1.165, 1.54) is 37.7 Å². The molecule has 5 aliphatic rings. The van der Waals surface area contributed by atoms with Gasteiger partial charge in [-0.05, 0) is 112 Å². The van der Waals surface area contributed by atoms with E-state index in [2.05, 4.69) is 31.8 Å². The summed E-state index contributed by atoms with van der Waals surface area (Å²) < 4.78 is 34.8. The fourth-order valence-electron chi connectivity index (χ4n) is 9.13. The second-order valence-electron chi connectivity index (χ2n) is 13.8. The number of hydrogen-bond acceptors (Lipinski definition) is 6. The summed E-state index contributed by atoms with van der Waals surface area (Å²) in [6.07, 6.45) is 14.2. The Labute approximate surface area is 218 Å². The molecule has 0 amide bonds. The quantitative estimate of drug-likeness (QED) is 0.384. The summed E-state index contributed by atoms with van der Waals surface area (Å²) in [5, 5.41) is 10.1. The molecule has 0 aromatic rings. The Balaban J connectivity index is 1.25. The van der Waals surface area contributed by atoms with Crippen LogP contribution in [0.25, 0.3) is 0 Å². The lowest BCUT2D eigenvalue weighted by Gasteiger charge is -2.58. The van der Waals surface area contributed by atoms with Gasteiger partial charge in [-0.15, -0.1) is 0 Å². The van der Waals surface area contributed by atoms with E-state index in [4.69, 9.17) is 8.37 Å². The first-order chi connectivity index (χ1) is 16.8. The van der Waals surface area contributed by atoms with Gasteiger partial charge in [0.1, 0.15) is 6.54 Å². The van der Waals surface area contributed by atoms with Crippen LogP contribution in [0.4, 0.5) is 0 Å². The zero-order valence-electron chi connectivity index (χ0n) is 23.0. The number of nitrogens with zero attached hydrogens (tertiary/aromatic N) is 1. The average Bonchev–Trinajstić information content (AvgIpc) is 3.49. The van der Waals surface area contributed by atoms with Crippen LogP contribution in [0.1, 0.15) is 105 Å². The van der Waals surface area contributed by atoms with E-state index in [-0.39, 0.29) is 17.4 Å². The molecule has 36 heavy (non-hydrogen) atoms. The Hall–Kier alpha value is -0.920. The molecule has 1 aliphatic heterocycles. The average molecular weight is 522 g/mol. The van der Waals surface area contributed by atoms with Crippen LogP contribution < -0.4 is 0 Å². The number of allylic oxidation sites excluding steroid dienone is 1. The van der Waals surface area contributed by atoms with E-state index < -0.39 is 16.0 Å².